The Balaban J connectivity index is 1.80. The first kappa shape index (κ1) is 15.8. The van der Waals surface area contributed by atoms with Gasteiger partial charge < -0.3 is 15.2 Å². The van der Waals surface area contributed by atoms with Crippen molar-refractivity contribution in [3.05, 3.63) is 29.6 Å². The van der Waals surface area contributed by atoms with E-state index in [1.165, 1.54) is 19.2 Å². The molecular weight excluding hydrogens is 273 g/mol. The number of methoxy groups -OCH3 is 1. The number of aliphatic hydroxyl groups is 1. The van der Waals surface area contributed by atoms with Crippen molar-refractivity contribution in [2.45, 2.75) is 38.2 Å². The third-order valence-corrected chi connectivity index (χ3v) is 4.03. The van der Waals surface area contributed by atoms with Gasteiger partial charge in [0.05, 0.1) is 19.6 Å². The molecule has 0 aromatic heterocycles. The Kier molecular flexibility index (Phi) is 5.56. The lowest BCUT2D eigenvalue weighted by Crippen LogP contribution is -2.36. The summed E-state index contributed by atoms with van der Waals surface area (Å²) >= 11 is 0. The van der Waals surface area contributed by atoms with Gasteiger partial charge in [0.25, 0.3) is 0 Å². The van der Waals surface area contributed by atoms with Gasteiger partial charge in [0.1, 0.15) is 0 Å². The van der Waals surface area contributed by atoms with Gasteiger partial charge >= 0.3 is 0 Å². The van der Waals surface area contributed by atoms with Crippen LogP contribution in [0.25, 0.3) is 0 Å². The second-order valence-electron chi connectivity index (χ2n) is 5.56. The Bertz CT molecular complexity index is 486. The van der Waals surface area contributed by atoms with E-state index in [4.69, 9.17) is 4.74 Å². The Morgan fingerprint density at radius 2 is 2.19 bits per heavy atom. The van der Waals surface area contributed by atoms with Gasteiger partial charge in [-0.15, -0.1) is 0 Å². The lowest BCUT2D eigenvalue weighted by atomic mass is 10.0. The van der Waals surface area contributed by atoms with E-state index < -0.39 is 11.9 Å². The molecule has 0 heterocycles. The van der Waals surface area contributed by atoms with Gasteiger partial charge in [-0.1, -0.05) is 18.9 Å². The van der Waals surface area contributed by atoms with Crippen molar-refractivity contribution in [3.8, 4) is 5.75 Å². The summed E-state index contributed by atoms with van der Waals surface area (Å²) in [5.74, 6) is -0.232. The molecule has 2 N–H and O–H groups in total. The largest absolute Gasteiger partial charge is 0.494 e. The number of nitrogens with one attached hydrogen (secondary N) is 1. The standard InChI is InChI=1S/C16H22FNO3/c1-21-15-7-6-11(8-13(15)17)9-16(20)18-10-14(19)12-4-2-3-5-12/h6-8,12,14,19H,2-5,9-10H2,1H3,(H,18,20). The van der Waals surface area contributed by atoms with E-state index >= 15 is 0 Å². The van der Waals surface area contributed by atoms with E-state index in [2.05, 4.69) is 5.32 Å². The fourth-order valence-corrected chi connectivity index (χ4v) is 2.79. The molecule has 1 aromatic rings. The topological polar surface area (TPSA) is 58.6 Å². The van der Waals surface area contributed by atoms with Gasteiger partial charge in [-0.3, -0.25) is 4.79 Å². The fraction of sp³-hybridized carbons (Fsp3) is 0.562. The number of amides is 1. The number of carbonyl (C=O) groups excluding carboxylic acids is 1. The maximum absolute atomic E-state index is 13.5. The van der Waals surface area contributed by atoms with Crippen molar-refractivity contribution < 1.29 is 19.0 Å². The Morgan fingerprint density at radius 1 is 1.48 bits per heavy atom. The molecule has 1 unspecified atom stereocenters. The minimum absolute atomic E-state index is 0.0955. The van der Waals surface area contributed by atoms with Crippen LogP contribution in [0.4, 0.5) is 4.39 Å². The molecule has 4 nitrogen and oxygen atoms in total. The van der Waals surface area contributed by atoms with Gasteiger partial charge in [0.15, 0.2) is 11.6 Å². The summed E-state index contributed by atoms with van der Waals surface area (Å²) in [7, 11) is 1.40. The van der Waals surface area contributed by atoms with E-state index in [1.807, 2.05) is 0 Å². The molecule has 0 bridgehead atoms. The van der Waals surface area contributed by atoms with Crippen LogP contribution in [0.1, 0.15) is 31.2 Å². The van der Waals surface area contributed by atoms with Crippen LogP contribution < -0.4 is 10.1 Å². The first-order valence-corrected chi connectivity index (χ1v) is 7.37. The van der Waals surface area contributed by atoms with Crippen LogP contribution in [-0.2, 0) is 11.2 Å². The number of halogens is 1. The maximum atomic E-state index is 13.5. The second kappa shape index (κ2) is 7.41. The average molecular weight is 295 g/mol. The molecule has 1 amide bonds. The minimum Gasteiger partial charge on any atom is -0.494 e. The Hall–Kier alpha value is -1.62. The first-order valence-electron chi connectivity index (χ1n) is 7.37. The third-order valence-electron chi connectivity index (χ3n) is 4.03. The molecular formula is C16H22FNO3. The van der Waals surface area contributed by atoms with Crippen molar-refractivity contribution in [2.24, 2.45) is 5.92 Å². The summed E-state index contributed by atoms with van der Waals surface area (Å²) in [6.45, 7) is 0.266. The van der Waals surface area contributed by atoms with E-state index in [-0.39, 0.29) is 24.6 Å². The highest BCUT2D eigenvalue weighted by Gasteiger charge is 2.23. The summed E-state index contributed by atoms with van der Waals surface area (Å²) < 4.78 is 18.4. The summed E-state index contributed by atoms with van der Waals surface area (Å²) in [4.78, 5) is 11.8. The average Bonchev–Trinajstić information content (AvgIpc) is 2.99. The number of benzene rings is 1. The van der Waals surface area contributed by atoms with Crippen LogP contribution in [0, 0.1) is 11.7 Å². The normalized spacial score (nSPS) is 16.7. The number of aliphatic hydroxyl groups excluding tert-OH is 1. The minimum atomic E-state index is -0.482. The summed E-state index contributed by atoms with van der Waals surface area (Å²) in [5, 5.41) is 12.7. The number of ether oxygens (including phenoxy) is 1. The maximum Gasteiger partial charge on any atom is 0.224 e. The molecule has 1 aliphatic carbocycles. The lowest BCUT2D eigenvalue weighted by molar-refractivity contribution is -0.121. The molecule has 116 valence electrons. The van der Waals surface area contributed by atoms with Gasteiger partial charge in [-0.2, -0.15) is 0 Å². The predicted molar refractivity (Wildman–Crippen MR) is 77.6 cm³/mol. The Morgan fingerprint density at radius 3 is 2.81 bits per heavy atom. The van der Waals surface area contributed by atoms with E-state index in [0.717, 1.165) is 25.7 Å². The summed E-state index contributed by atoms with van der Waals surface area (Å²) in [5.41, 5.74) is 0.584. The van der Waals surface area contributed by atoms with Gasteiger partial charge in [0, 0.05) is 6.54 Å². The Labute approximate surface area is 124 Å². The zero-order valence-corrected chi connectivity index (χ0v) is 12.3. The smallest absolute Gasteiger partial charge is 0.224 e. The molecule has 1 saturated carbocycles. The lowest BCUT2D eigenvalue weighted by Gasteiger charge is -2.18. The SMILES string of the molecule is COc1ccc(CC(=O)NCC(O)C2CCCC2)cc1F. The van der Waals surface area contributed by atoms with Gasteiger partial charge in [0.2, 0.25) is 5.91 Å². The van der Waals surface area contributed by atoms with Crippen molar-refractivity contribution in [1.82, 2.24) is 5.32 Å². The second-order valence-corrected chi connectivity index (χ2v) is 5.56. The van der Waals surface area contributed by atoms with E-state index in [1.54, 1.807) is 6.07 Å². The molecule has 0 saturated heterocycles. The fourth-order valence-electron chi connectivity index (χ4n) is 2.79. The highest BCUT2D eigenvalue weighted by atomic mass is 19.1. The molecule has 1 aliphatic rings. The van der Waals surface area contributed by atoms with Crippen LogP contribution in [0.3, 0.4) is 0 Å². The van der Waals surface area contributed by atoms with Crippen LogP contribution in [-0.4, -0.2) is 30.8 Å². The molecule has 21 heavy (non-hydrogen) atoms. The molecule has 0 aliphatic heterocycles. The molecule has 5 heteroatoms. The van der Waals surface area contributed by atoms with Gasteiger partial charge in [-0.25, -0.2) is 4.39 Å². The summed E-state index contributed by atoms with van der Waals surface area (Å²) in [6, 6.07) is 4.46. The number of rotatable bonds is 6. The molecule has 1 atom stereocenters. The zero-order valence-electron chi connectivity index (χ0n) is 12.3. The third kappa shape index (κ3) is 4.43. The highest BCUT2D eigenvalue weighted by Crippen LogP contribution is 2.27. The first-order chi connectivity index (χ1) is 10.1. The number of hydrogen-bond donors (Lipinski definition) is 2. The highest BCUT2D eigenvalue weighted by molar-refractivity contribution is 5.78. The number of hydrogen-bond acceptors (Lipinski definition) is 3. The monoisotopic (exact) mass is 295 g/mol. The van der Waals surface area contributed by atoms with Crippen LogP contribution >= 0.6 is 0 Å². The molecule has 1 fully saturated rings. The molecule has 0 radical (unpaired) electrons. The van der Waals surface area contributed by atoms with Crippen molar-refractivity contribution in [2.75, 3.05) is 13.7 Å². The van der Waals surface area contributed by atoms with Crippen LogP contribution in [0.2, 0.25) is 0 Å². The molecule has 0 spiro atoms. The van der Waals surface area contributed by atoms with Crippen molar-refractivity contribution in [3.63, 3.8) is 0 Å². The quantitative estimate of drug-likeness (QED) is 0.844. The van der Waals surface area contributed by atoms with Crippen LogP contribution in [0.5, 0.6) is 5.75 Å². The van der Waals surface area contributed by atoms with Crippen molar-refractivity contribution >= 4 is 5.91 Å². The number of carbonyl (C=O) groups is 1. The van der Waals surface area contributed by atoms with E-state index in [0.29, 0.717) is 11.5 Å². The predicted octanol–water partition coefficient (Wildman–Crippen LogP) is 2.04. The van der Waals surface area contributed by atoms with Gasteiger partial charge in [-0.05, 0) is 36.5 Å². The van der Waals surface area contributed by atoms with E-state index in [9.17, 15) is 14.3 Å². The zero-order chi connectivity index (χ0) is 15.2. The molecule has 1 aromatic carbocycles. The summed E-state index contributed by atoms with van der Waals surface area (Å²) in [6.07, 6.45) is 3.98. The molecule has 2 rings (SSSR count). The van der Waals surface area contributed by atoms with Crippen molar-refractivity contribution in [1.29, 1.82) is 0 Å². The van der Waals surface area contributed by atoms with Crippen LogP contribution in [0.15, 0.2) is 18.2 Å².